The first-order valence-corrected chi connectivity index (χ1v) is 7.08. The lowest BCUT2D eigenvalue weighted by atomic mass is 9.87. The molecule has 1 aliphatic heterocycles. The molecule has 100 valence electrons. The molecule has 1 heterocycles. The molecule has 0 radical (unpaired) electrons. The van der Waals surface area contributed by atoms with Gasteiger partial charge in [-0.25, -0.2) is 0 Å². The Morgan fingerprint density at radius 1 is 1.33 bits per heavy atom. The third-order valence-corrected chi connectivity index (χ3v) is 4.13. The molecule has 18 heavy (non-hydrogen) atoms. The molecule has 1 saturated heterocycles. The second kappa shape index (κ2) is 6.19. The van der Waals surface area contributed by atoms with Gasteiger partial charge >= 0.3 is 0 Å². The van der Waals surface area contributed by atoms with Crippen molar-refractivity contribution in [1.29, 1.82) is 5.26 Å². The van der Waals surface area contributed by atoms with E-state index >= 15 is 0 Å². The number of carbonyl (C=O) groups excluding carboxylic acids is 1. The molecule has 0 aromatic carbocycles. The minimum absolute atomic E-state index is 0.0710. The molecule has 2 fully saturated rings. The molecule has 2 rings (SSSR count). The van der Waals surface area contributed by atoms with Crippen LogP contribution in [0, 0.1) is 16.7 Å². The lowest BCUT2D eigenvalue weighted by Gasteiger charge is -2.24. The van der Waals surface area contributed by atoms with Crippen LogP contribution < -0.4 is 5.32 Å². The summed E-state index contributed by atoms with van der Waals surface area (Å²) in [6, 6.07) is 2.22. The van der Waals surface area contributed by atoms with Crippen LogP contribution in [-0.2, 0) is 9.53 Å². The Balaban J connectivity index is 1.72. The summed E-state index contributed by atoms with van der Waals surface area (Å²) >= 11 is 0. The zero-order chi connectivity index (χ0) is 12.8. The minimum atomic E-state index is -0.743. The van der Waals surface area contributed by atoms with E-state index < -0.39 is 5.41 Å². The van der Waals surface area contributed by atoms with E-state index in [1.807, 2.05) is 0 Å². The Bertz CT molecular complexity index is 323. The van der Waals surface area contributed by atoms with E-state index in [2.05, 4.69) is 11.4 Å². The number of ether oxygens (including phenoxy) is 1. The molecule has 2 aliphatic rings. The van der Waals surface area contributed by atoms with Gasteiger partial charge in [0.1, 0.15) is 5.41 Å². The Kier molecular flexibility index (Phi) is 4.60. The summed E-state index contributed by atoms with van der Waals surface area (Å²) in [5.74, 6) is -0.0710. The number of amides is 1. The molecule has 1 N–H and O–H groups in total. The van der Waals surface area contributed by atoms with Crippen LogP contribution in [0.1, 0.15) is 51.4 Å². The van der Waals surface area contributed by atoms with Gasteiger partial charge in [0.2, 0.25) is 5.91 Å². The molecule has 1 amide bonds. The molecular weight excluding hydrogens is 228 g/mol. The molecular formula is C14H22N2O2. The lowest BCUT2D eigenvalue weighted by Crippen LogP contribution is -2.39. The lowest BCUT2D eigenvalue weighted by molar-refractivity contribution is -0.128. The molecule has 0 aromatic heterocycles. The quantitative estimate of drug-likeness (QED) is 0.831. The maximum Gasteiger partial charge on any atom is 0.240 e. The predicted octanol–water partition coefficient (Wildman–Crippen LogP) is 2.15. The second-order valence-electron chi connectivity index (χ2n) is 5.43. The molecule has 1 atom stereocenters. The van der Waals surface area contributed by atoms with Crippen LogP contribution in [0.2, 0.25) is 0 Å². The van der Waals surface area contributed by atoms with E-state index in [0.717, 1.165) is 51.6 Å². The summed E-state index contributed by atoms with van der Waals surface area (Å²) in [6.07, 6.45) is 8.05. The third kappa shape index (κ3) is 3.02. The van der Waals surface area contributed by atoms with Gasteiger partial charge in [-0.05, 0) is 38.5 Å². The van der Waals surface area contributed by atoms with Crippen LogP contribution in [0.5, 0.6) is 0 Å². The fourth-order valence-corrected chi connectivity index (χ4v) is 2.92. The number of hydrogen-bond acceptors (Lipinski definition) is 3. The van der Waals surface area contributed by atoms with Crippen molar-refractivity contribution in [2.24, 2.45) is 5.41 Å². The Hall–Kier alpha value is -1.08. The summed E-state index contributed by atoms with van der Waals surface area (Å²) < 4.78 is 5.62. The second-order valence-corrected chi connectivity index (χ2v) is 5.43. The van der Waals surface area contributed by atoms with Crippen LogP contribution >= 0.6 is 0 Å². The number of rotatable bonds is 4. The van der Waals surface area contributed by atoms with E-state index in [4.69, 9.17) is 4.74 Å². The summed E-state index contributed by atoms with van der Waals surface area (Å²) in [7, 11) is 0. The molecule has 0 spiro atoms. The van der Waals surface area contributed by atoms with Gasteiger partial charge in [-0.1, -0.05) is 12.8 Å². The van der Waals surface area contributed by atoms with Crippen LogP contribution in [-0.4, -0.2) is 25.2 Å². The SMILES string of the molecule is N#CC1(C(=O)NCCC2CCCCO2)CCCC1. The first kappa shape index (κ1) is 13.4. The van der Waals surface area contributed by atoms with Gasteiger partial charge < -0.3 is 10.1 Å². The summed E-state index contributed by atoms with van der Waals surface area (Å²) in [4.78, 5) is 12.1. The van der Waals surface area contributed by atoms with Crippen molar-refractivity contribution in [3.8, 4) is 6.07 Å². The average Bonchev–Trinajstić information content (AvgIpc) is 2.90. The first-order chi connectivity index (χ1) is 8.77. The highest BCUT2D eigenvalue weighted by molar-refractivity contribution is 5.85. The van der Waals surface area contributed by atoms with Gasteiger partial charge in [0.05, 0.1) is 12.2 Å². The number of nitriles is 1. The molecule has 4 nitrogen and oxygen atoms in total. The molecule has 0 bridgehead atoms. The van der Waals surface area contributed by atoms with Crippen molar-refractivity contribution in [3.05, 3.63) is 0 Å². The van der Waals surface area contributed by atoms with E-state index in [0.29, 0.717) is 12.6 Å². The minimum Gasteiger partial charge on any atom is -0.378 e. The molecule has 1 aliphatic carbocycles. The largest absolute Gasteiger partial charge is 0.378 e. The van der Waals surface area contributed by atoms with Crippen LogP contribution in [0.3, 0.4) is 0 Å². The van der Waals surface area contributed by atoms with Crippen LogP contribution in [0.4, 0.5) is 0 Å². The van der Waals surface area contributed by atoms with Crippen molar-refractivity contribution in [3.63, 3.8) is 0 Å². The number of hydrogen-bond donors (Lipinski definition) is 1. The maximum atomic E-state index is 12.1. The van der Waals surface area contributed by atoms with Gasteiger partial charge in [-0.15, -0.1) is 0 Å². The zero-order valence-corrected chi connectivity index (χ0v) is 10.9. The van der Waals surface area contributed by atoms with E-state index in [9.17, 15) is 10.1 Å². The van der Waals surface area contributed by atoms with Gasteiger partial charge in [0.15, 0.2) is 0 Å². The fourth-order valence-electron chi connectivity index (χ4n) is 2.92. The van der Waals surface area contributed by atoms with Crippen LogP contribution in [0.25, 0.3) is 0 Å². The van der Waals surface area contributed by atoms with Gasteiger partial charge in [0.25, 0.3) is 0 Å². The van der Waals surface area contributed by atoms with Gasteiger partial charge in [-0.2, -0.15) is 5.26 Å². The predicted molar refractivity (Wildman–Crippen MR) is 67.7 cm³/mol. The standard InChI is InChI=1S/C14H22N2O2/c15-11-14(7-2-3-8-14)13(17)16-9-6-12-5-1-4-10-18-12/h12H,1-10H2,(H,16,17). The normalized spacial score (nSPS) is 26.5. The monoisotopic (exact) mass is 250 g/mol. The number of nitrogens with zero attached hydrogens (tertiary/aromatic N) is 1. The third-order valence-electron chi connectivity index (χ3n) is 4.13. The highest BCUT2D eigenvalue weighted by Crippen LogP contribution is 2.37. The average molecular weight is 250 g/mol. The maximum absolute atomic E-state index is 12.1. The highest BCUT2D eigenvalue weighted by atomic mass is 16.5. The fraction of sp³-hybridized carbons (Fsp3) is 0.857. The van der Waals surface area contributed by atoms with Gasteiger partial charge in [0, 0.05) is 13.2 Å². The molecule has 1 unspecified atom stereocenters. The van der Waals surface area contributed by atoms with Crippen molar-refractivity contribution >= 4 is 5.91 Å². The van der Waals surface area contributed by atoms with Crippen LogP contribution in [0.15, 0.2) is 0 Å². The smallest absolute Gasteiger partial charge is 0.240 e. The summed E-state index contributed by atoms with van der Waals surface area (Å²) in [6.45, 7) is 1.48. The molecule has 1 saturated carbocycles. The number of nitrogens with one attached hydrogen (secondary N) is 1. The Morgan fingerprint density at radius 3 is 2.72 bits per heavy atom. The zero-order valence-electron chi connectivity index (χ0n) is 10.9. The van der Waals surface area contributed by atoms with Crippen molar-refractivity contribution in [2.45, 2.75) is 57.5 Å². The highest BCUT2D eigenvalue weighted by Gasteiger charge is 2.41. The summed E-state index contributed by atoms with van der Waals surface area (Å²) in [5, 5.41) is 12.1. The van der Waals surface area contributed by atoms with Crippen molar-refractivity contribution in [2.75, 3.05) is 13.2 Å². The van der Waals surface area contributed by atoms with E-state index in [-0.39, 0.29) is 5.91 Å². The van der Waals surface area contributed by atoms with Crippen molar-refractivity contribution in [1.82, 2.24) is 5.32 Å². The van der Waals surface area contributed by atoms with E-state index in [1.54, 1.807) is 0 Å². The van der Waals surface area contributed by atoms with Gasteiger partial charge in [-0.3, -0.25) is 4.79 Å². The topological polar surface area (TPSA) is 62.1 Å². The first-order valence-electron chi connectivity index (χ1n) is 7.08. The Labute approximate surface area is 109 Å². The Morgan fingerprint density at radius 2 is 2.11 bits per heavy atom. The number of carbonyl (C=O) groups is 1. The molecule has 4 heteroatoms. The summed E-state index contributed by atoms with van der Waals surface area (Å²) in [5.41, 5.74) is -0.743. The van der Waals surface area contributed by atoms with Crippen molar-refractivity contribution < 1.29 is 9.53 Å². The van der Waals surface area contributed by atoms with E-state index in [1.165, 1.54) is 6.42 Å². The molecule has 0 aromatic rings.